The molecule has 48 heavy (non-hydrogen) atoms. The van der Waals surface area contributed by atoms with Gasteiger partial charge in [-0.3, -0.25) is 0 Å². The molecule has 8 heteroatoms. The quantitative estimate of drug-likeness (QED) is 0.143. The summed E-state index contributed by atoms with van der Waals surface area (Å²) in [5.41, 5.74) is 3.37. The number of cyclic esters (lactones) is 1. The lowest BCUT2D eigenvalue weighted by atomic mass is 9.91. The molecule has 0 N–H and O–H groups in total. The van der Waals surface area contributed by atoms with E-state index in [1.54, 1.807) is 14.2 Å². The molecular weight excluding hydrogens is 608 g/mol. The second-order valence-electron chi connectivity index (χ2n) is 13.0. The average molecular weight is 663 g/mol. The maximum atomic E-state index is 13.3. The van der Waals surface area contributed by atoms with Gasteiger partial charge in [0.15, 0.2) is 0 Å². The molecule has 8 nitrogen and oxygen atoms in total. The highest BCUT2D eigenvalue weighted by molar-refractivity contribution is 5.82. The van der Waals surface area contributed by atoms with Crippen LogP contribution < -0.4 is 4.74 Å². The Morgan fingerprint density at radius 1 is 1.04 bits per heavy atom. The van der Waals surface area contributed by atoms with E-state index in [0.29, 0.717) is 38.4 Å². The predicted octanol–water partition coefficient (Wildman–Crippen LogP) is 7.76. The van der Waals surface area contributed by atoms with E-state index in [4.69, 9.17) is 33.2 Å². The Kier molecular flexibility index (Phi) is 15.9. The highest BCUT2D eigenvalue weighted by atomic mass is 16.7. The minimum absolute atomic E-state index is 0.0804. The Morgan fingerprint density at radius 2 is 1.85 bits per heavy atom. The van der Waals surface area contributed by atoms with Crippen LogP contribution in [-0.4, -0.2) is 70.2 Å². The van der Waals surface area contributed by atoms with E-state index in [0.717, 1.165) is 42.6 Å². The van der Waals surface area contributed by atoms with Crippen molar-refractivity contribution in [2.75, 3.05) is 27.6 Å². The molecule has 0 saturated carbocycles. The van der Waals surface area contributed by atoms with Crippen LogP contribution in [0.2, 0.25) is 0 Å². The monoisotopic (exact) mass is 662 g/mol. The van der Waals surface area contributed by atoms with Crippen LogP contribution in [-0.2, 0) is 39.8 Å². The smallest absolute Gasteiger partial charge is 0.330 e. The summed E-state index contributed by atoms with van der Waals surface area (Å²) in [5, 5.41) is 0. The molecule has 2 bridgehead atoms. The van der Waals surface area contributed by atoms with Gasteiger partial charge in [-0.1, -0.05) is 85.4 Å². The van der Waals surface area contributed by atoms with Gasteiger partial charge in [0.1, 0.15) is 24.8 Å². The molecule has 0 unspecified atom stereocenters. The zero-order valence-electron chi connectivity index (χ0n) is 29.1. The number of carbonyl (C=O) groups is 1. The Labute approximate surface area is 287 Å². The summed E-state index contributed by atoms with van der Waals surface area (Å²) in [6.45, 7) is 9.88. The third kappa shape index (κ3) is 13.3. The summed E-state index contributed by atoms with van der Waals surface area (Å²) in [7, 11) is 3.25. The first kappa shape index (κ1) is 37.5. The summed E-state index contributed by atoms with van der Waals surface area (Å²) < 4.78 is 41.5. The molecule has 0 spiro atoms. The molecule has 1 aromatic carbocycles. The maximum absolute atomic E-state index is 13.3. The van der Waals surface area contributed by atoms with Crippen LogP contribution in [0, 0.1) is 5.92 Å². The largest absolute Gasteiger partial charge is 0.497 e. The normalized spacial score (nSPS) is 29.7. The molecule has 0 saturated heterocycles. The fourth-order valence-electron chi connectivity index (χ4n) is 6.15. The van der Waals surface area contributed by atoms with E-state index in [1.165, 1.54) is 11.6 Å². The van der Waals surface area contributed by atoms with Crippen molar-refractivity contribution in [1.29, 1.82) is 0 Å². The minimum Gasteiger partial charge on any atom is -0.497 e. The first-order chi connectivity index (χ1) is 23.3. The lowest BCUT2D eigenvalue weighted by Crippen LogP contribution is -2.32. The van der Waals surface area contributed by atoms with Crippen molar-refractivity contribution in [3.63, 3.8) is 0 Å². The van der Waals surface area contributed by atoms with Gasteiger partial charge >= 0.3 is 5.97 Å². The van der Waals surface area contributed by atoms with Crippen LogP contribution in [0.1, 0.15) is 64.4 Å². The Bertz CT molecular complexity index is 1290. The third-order valence-corrected chi connectivity index (χ3v) is 8.63. The van der Waals surface area contributed by atoms with Crippen molar-refractivity contribution >= 4 is 5.97 Å². The zero-order valence-corrected chi connectivity index (χ0v) is 29.1. The van der Waals surface area contributed by atoms with Crippen molar-refractivity contribution in [3.05, 3.63) is 102 Å². The van der Waals surface area contributed by atoms with Crippen LogP contribution in [0.15, 0.2) is 96.7 Å². The van der Waals surface area contributed by atoms with E-state index in [9.17, 15) is 4.79 Å². The zero-order chi connectivity index (χ0) is 34.1. The van der Waals surface area contributed by atoms with Crippen LogP contribution in [0.5, 0.6) is 5.75 Å². The molecular formula is C40H54O8. The number of hydrogen-bond acceptors (Lipinski definition) is 8. The molecule has 7 atom stereocenters. The summed E-state index contributed by atoms with van der Waals surface area (Å²) in [6, 6.07) is 7.73. The van der Waals surface area contributed by atoms with Gasteiger partial charge < -0.3 is 33.2 Å². The van der Waals surface area contributed by atoms with Crippen molar-refractivity contribution in [2.45, 2.75) is 102 Å². The van der Waals surface area contributed by atoms with E-state index in [-0.39, 0.29) is 31.2 Å². The third-order valence-electron chi connectivity index (χ3n) is 8.63. The van der Waals surface area contributed by atoms with E-state index < -0.39 is 18.2 Å². The van der Waals surface area contributed by atoms with Crippen LogP contribution in [0.4, 0.5) is 0 Å². The number of methoxy groups -OCH3 is 2. The summed E-state index contributed by atoms with van der Waals surface area (Å²) in [5.74, 6) is 0.752. The Hall–Kier alpha value is -3.27. The van der Waals surface area contributed by atoms with Gasteiger partial charge in [-0.2, -0.15) is 0 Å². The van der Waals surface area contributed by atoms with Gasteiger partial charge in [-0.25, -0.2) is 4.79 Å². The van der Waals surface area contributed by atoms with Crippen molar-refractivity contribution in [1.82, 2.24) is 0 Å². The summed E-state index contributed by atoms with van der Waals surface area (Å²) in [4.78, 5) is 13.3. The average Bonchev–Trinajstić information content (AvgIpc) is 3.06. The molecule has 3 aliphatic rings. The number of benzene rings is 1. The van der Waals surface area contributed by atoms with Crippen molar-refractivity contribution in [3.8, 4) is 5.75 Å². The maximum Gasteiger partial charge on any atom is 0.330 e. The SMILES string of the molecule is C=C1C[C@@H](C)C[C@@H]2CC=C[C@@H](C/C=C/C(=O)O[C@H]([C@H](/C=C/[C@@H]3C=C(C)CCO3)OCc3ccc(OC)cc3)C/C=C/[C@H](OCOC)C1)O2. The number of carbonyl (C=O) groups excluding carboxylic acids is 1. The lowest BCUT2D eigenvalue weighted by molar-refractivity contribution is -0.149. The second-order valence-corrected chi connectivity index (χ2v) is 13.0. The number of esters is 1. The highest BCUT2D eigenvalue weighted by Gasteiger charge is 2.25. The molecule has 4 rings (SSSR count). The lowest BCUT2D eigenvalue weighted by Gasteiger charge is -2.28. The van der Waals surface area contributed by atoms with Gasteiger partial charge in [0, 0.05) is 19.6 Å². The van der Waals surface area contributed by atoms with Gasteiger partial charge in [-0.15, -0.1) is 0 Å². The number of rotatable bonds is 10. The number of fused-ring (bicyclic) bond motifs is 2. The van der Waals surface area contributed by atoms with Crippen molar-refractivity contribution < 1.29 is 38.0 Å². The summed E-state index contributed by atoms with van der Waals surface area (Å²) in [6.07, 6.45) is 21.4. The Morgan fingerprint density at radius 3 is 2.62 bits per heavy atom. The number of hydrogen-bond donors (Lipinski definition) is 0. The molecule has 1 aromatic rings. The first-order valence-corrected chi connectivity index (χ1v) is 17.2. The molecule has 0 radical (unpaired) electrons. The topological polar surface area (TPSA) is 81.7 Å². The second kappa shape index (κ2) is 20.3. The van der Waals surface area contributed by atoms with E-state index in [1.807, 2.05) is 54.6 Å². The number of ether oxygens (including phenoxy) is 7. The Balaban J connectivity index is 1.60. The standard InChI is InChI=1S/C40H54O8/c1-29-21-22-44-36(24-29)19-20-38(45-27-32-15-17-33(43-5)18-16-32)39-13-7-11-35(46-28-42-4)25-30(2)23-31(3)26-37-12-6-9-34(47-37)10-8-14-40(41)48-39/h6-9,11,14-20,24,31,34-39H,2,10,12-13,21-23,25-28H2,1,3-5H3/b11-7+,14-8+,20-19+/t31-,34+,35+,36-,37+,38+,39+/m1/s1. The predicted molar refractivity (Wildman–Crippen MR) is 188 cm³/mol. The minimum atomic E-state index is -0.623. The molecule has 0 amide bonds. The molecule has 0 aromatic heterocycles. The van der Waals surface area contributed by atoms with Gasteiger partial charge in [0.25, 0.3) is 0 Å². The van der Waals surface area contributed by atoms with Gasteiger partial charge in [0.2, 0.25) is 0 Å². The van der Waals surface area contributed by atoms with Gasteiger partial charge in [0.05, 0.1) is 44.7 Å². The van der Waals surface area contributed by atoms with Crippen LogP contribution in [0.3, 0.4) is 0 Å². The fourth-order valence-corrected chi connectivity index (χ4v) is 6.15. The van der Waals surface area contributed by atoms with E-state index >= 15 is 0 Å². The molecule has 0 aliphatic carbocycles. The molecule has 3 aliphatic heterocycles. The van der Waals surface area contributed by atoms with E-state index in [2.05, 4.69) is 38.7 Å². The molecule has 262 valence electrons. The summed E-state index contributed by atoms with van der Waals surface area (Å²) >= 11 is 0. The molecule has 3 heterocycles. The highest BCUT2D eigenvalue weighted by Crippen LogP contribution is 2.27. The van der Waals surface area contributed by atoms with Gasteiger partial charge in [-0.05, 0) is 69.1 Å². The molecule has 0 fully saturated rings. The fraction of sp³-hybridized carbons (Fsp3) is 0.525. The van der Waals surface area contributed by atoms with Crippen LogP contribution >= 0.6 is 0 Å². The first-order valence-electron chi connectivity index (χ1n) is 17.2. The van der Waals surface area contributed by atoms with Crippen molar-refractivity contribution in [2.24, 2.45) is 5.92 Å². The van der Waals surface area contributed by atoms with Crippen LogP contribution in [0.25, 0.3) is 0 Å².